The van der Waals surface area contributed by atoms with Crippen molar-refractivity contribution in [1.82, 2.24) is 0 Å². The molecule has 3 nitrogen and oxygen atoms in total. The number of hydrogen-bond donors (Lipinski definition) is 2. The van der Waals surface area contributed by atoms with E-state index in [1.165, 1.54) is 5.69 Å². The first kappa shape index (κ1) is 12.9. The molecule has 1 fully saturated rings. The highest BCUT2D eigenvalue weighted by Gasteiger charge is 2.21. The van der Waals surface area contributed by atoms with Gasteiger partial charge in [0.2, 0.25) is 0 Å². The van der Waals surface area contributed by atoms with Crippen molar-refractivity contribution < 1.29 is 5.11 Å². The number of halogens is 1. The smallest absolute Gasteiger partial charge is 0.0476 e. The predicted octanol–water partition coefficient (Wildman–Crippen LogP) is 2.12. The van der Waals surface area contributed by atoms with E-state index in [4.69, 9.17) is 5.73 Å². The molecular formula is C13H19BrN2O. The molecule has 1 atom stereocenters. The molecule has 0 spiro atoms. The lowest BCUT2D eigenvalue weighted by molar-refractivity contribution is 0.208. The van der Waals surface area contributed by atoms with Crippen LogP contribution in [0.2, 0.25) is 0 Å². The van der Waals surface area contributed by atoms with Crippen LogP contribution in [0.15, 0.2) is 22.7 Å². The summed E-state index contributed by atoms with van der Waals surface area (Å²) in [6, 6.07) is 6.19. The molecule has 1 aromatic rings. The van der Waals surface area contributed by atoms with Gasteiger partial charge in [-0.1, -0.05) is 22.0 Å². The number of rotatable bonds is 3. The number of hydrogen-bond acceptors (Lipinski definition) is 3. The molecule has 3 N–H and O–H groups in total. The lowest BCUT2D eigenvalue weighted by Gasteiger charge is -2.35. The Labute approximate surface area is 111 Å². The monoisotopic (exact) mass is 298 g/mol. The Bertz CT molecular complexity index is 384. The zero-order valence-electron chi connectivity index (χ0n) is 9.90. The van der Waals surface area contributed by atoms with Gasteiger partial charge in [-0.3, -0.25) is 0 Å². The van der Waals surface area contributed by atoms with Crippen molar-refractivity contribution in [3.63, 3.8) is 0 Å². The predicted molar refractivity (Wildman–Crippen MR) is 74.1 cm³/mol. The van der Waals surface area contributed by atoms with Gasteiger partial charge in [-0.05, 0) is 30.9 Å². The third kappa shape index (κ3) is 2.81. The van der Waals surface area contributed by atoms with E-state index in [-0.39, 0.29) is 6.61 Å². The lowest BCUT2D eigenvalue weighted by Crippen LogP contribution is -2.37. The summed E-state index contributed by atoms with van der Waals surface area (Å²) in [5, 5.41) is 9.28. The third-order valence-electron chi connectivity index (χ3n) is 3.42. The van der Waals surface area contributed by atoms with E-state index in [0.717, 1.165) is 36.0 Å². The van der Waals surface area contributed by atoms with Crippen molar-refractivity contribution in [2.24, 2.45) is 11.7 Å². The highest BCUT2D eigenvalue weighted by atomic mass is 79.9. The summed E-state index contributed by atoms with van der Waals surface area (Å²) in [5.41, 5.74) is 8.19. The van der Waals surface area contributed by atoms with Crippen LogP contribution in [0.4, 0.5) is 5.69 Å². The molecular weight excluding hydrogens is 280 g/mol. The molecule has 1 aliphatic heterocycles. The van der Waals surface area contributed by atoms with Crippen LogP contribution in [-0.4, -0.2) is 24.8 Å². The minimum absolute atomic E-state index is 0.280. The van der Waals surface area contributed by atoms with Crippen molar-refractivity contribution in [2.45, 2.75) is 19.4 Å². The van der Waals surface area contributed by atoms with Crippen LogP contribution in [0.25, 0.3) is 0 Å². The van der Waals surface area contributed by atoms with Crippen molar-refractivity contribution in [1.29, 1.82) is 0 Å². The normalized spacial score (nSPS) is 20.6. The molecule has 0 aliphatic carbocycles. The zero-order chi connectivity index (χ0) is 12.3. The van der Waals surface area contributed by atoms with Crippen molar-refractivity contribution in [2.75, 3.05) is 24.6 Å². The largest absolute Gasteiger partial charge is 0.396 e. The van der Waals surface area contributed by atoms with Crippen molar-refractivity contribution in [3.8, 4) is 0 Å². The molecule has 4 heteroatoms. The maximum absolute atomic E-state index is 9.28. The molecule has 0 bridgehead atoms. The highest BCUT2D eigenvalue weighted by molar-refractivity contribution is 9.10. The molecule has 0 radical (unpaired) electrons. The maximum atomic E-state index is 9.28. The summed E-state index contributed by atoms with van der Waals surface area (Å²) in [5.74, 6) is 0.397. The minimum Gasteiger partial charge on any atom is -0.396 e. The van der Waals surface area contributed by atoms with Gasteiger partial charge in [0.15, 0.2) is 0 Å². The standard InChI is InChI=1S/C13H19BrN2O/c14-12-4-1-5-13(11(12)7-15)16-6-2-3-10(8-16)9-17/h1,4-5,10,17H,2-3,6-9,15H2. The van der Waals surface area contributed by atoms with Gasteiger partial charge in [0.05, 0.1) is 0 Å². The summed E-state index contributed by atoms with van der Waals surface area (Å²) in [6.07, 6.45) is 2.26. The first-order valence-corrected chi connectivity index (χ1v) is 6.88. The summed E-state index contributed by atoms with van der Waals surface area (Å²) < 4.78 is 1.07. The number of aliphatic hydroxyl groups excluding tert-OH is 1. The molecule has 1 aromatic carbocycles. The fourth-order valence-corrected chi connectivity index (χ4v) is 3.00. The Hall–Kier alpha value is -0.580. The second-order valence-corrected chi connectivity index (χ2v) is 5.43. The fourth-order valence-electron chi connectivity index (χ4n) is 2.48. The van der Waals surface area contributed by atoms with E-state index in [1.54, 1.807) is 0 Å². The van der Waals surface area contributed by atoms with Gasteiger partial charge in [-0.15, -0.1) is 0 Å². The van der Waals surface area contributed by atoms with Crippen molar-refractivity contribution in [3.05, 3.63) is 28.2 Å². The van der Waals surface area contributed by atoms with Crippen LogP contribution < -0.4 is 10.6 Å². The summed E-state index contributed by atoms with van der Waals surface area (Å²) in [7, 11) is 0. The SMILES string of the molecule is NCc1c(Br)cccc1N1CCCC(CO)C1. The van der Waals surface area contributed by atoms with Gasteiger partial charge in [0.25, 0.3) is 0 Å². The van der Waals surface area contributed by atoms with Crippen LogP contribution in [0.3, 0.4) is 0 Å². The molecule has 1 saturated heterocycles. The summed E-state index contributed by atoms with van der Waals surface area (Å²) >= 11 is 3.55. The molecule has 0 amide bonds. The minimum atomic E-state index is 0.280. The first-order valence-electron chi connectivity index (χ1n) is 6.09. The van der Waals surface area contributed by atoms with E-state index < -0.39 is 0 Å². The fraction of sp³-hybridized carbons (Fsp3) is 0.538. The van der Waals surface area contributed by atoms with Gasteiger partial charge >= 0.3 is 0 Å². The van der Waals surface area contributed by atoms with Crippen LogP contribution in [0, 0.1) is 5.92 Å². The first-order chi connectivity index (χ1) is 8.26. The lowest BCUT2D eigenvalue weighted by atomic mass is 9.97. The molecule has 17 heavy (non-hydrogen) atoms. The van der Waals surface area contributed by atoms with Crippen LogP contribution in [0.1, 0.15) is 18.4 Å². The molecule has 1 heterocycles. The second kappa shape index (κ2) is 5.85. The number of nitrogens with zero attached hydrogens (tertiary/aromatic N) is 1. The number of piperidine rings is 1. The van der Waals surface area contributed by atoms with E-state index >= 15 is 0 Å². The van der Waals surface area contributed by atoms with Gasteiger partial charge < -0.3 is 15.7 Å². The van der Waals surface area contributed by atoms with E-state index in [1.807, 2.05) is 12.1 Å². The highest BCUT2D eigenvalue weighted by Crippen LogP contribution is 2.30. The average Bonchev–Trinajstić information content (AvgIpc) is 2.38. The van der Waals surface area contributed by atoms with Gasteiger partial charge in [0, 0.05) is 42.0 Å². The van der Waals surface area contributed by atoms with Gasteiger partial charge in [0.1, 0.15) is 0 Å². The van der Waals surface area contributed by atoms with Crippen LogP contribution in [0.5, 0.6) is 0 Å². The van der Waals surface area contributed by atoms with Gasteiger partial charge in [-0.2, -0.15) is 0 Å². The molecule has 2 rings (SSSR count). The topological polar surface area (TPSA) is 49.5 Å². The quantitative estimate of drug-likeness (QED) is 0.899. The zero-order valence-corrected chi connectivity index (χ0v) is 11.5. The number of benzene rings is 1. The molecule has 1 unspecified atom stereocenters. The van der Waals surface area contributed by atoms with Crippen molar-refractivity contribution >= 4 is 21.6 Å². The van der Waals surface area contributed by atoms with Crippen LogP contribution in [-0.2, 0) is 6.54 Å². The third-order valence-corrected chi connectivity index (χ3v) is 4.16. The Kier molecular flexibility index (Phi) is 4.42. The molecule has 94 valence electrons. The van der Waals surface area contributed by atoms with Gasteiger partial charge in [-0.25, -0.2) is 0 Å². The summed E-state index contributed by atoms with van der Waals surface area (Å²) in [4.78, 5) is 2.34. The Balaban J connectivity index is 2.24. The summed E-state index contributed by atoms with van der Waals surface area (Å²) in [6.45, 7) is 2.80. The van der Waals surface area contributed by atoms with Crippen LogP contribution >= 0.6 is 15.9 Å². The maximum Gasteiger partial charge on any atom is 0.0476 e. The van der Waals surface area contributed by atoms with E-state index in [0.29, 0.717) is 12.5 Å². The Morgan fingerprint density at radius 1 is 1.47 bits per heavy atom. The number of aliphatic hydroxyl groups is 1. The Morgan fingerprint density at radius 3 is 3.00 bits per heavy atom. The average molecular weight is 299 g/mol. The molecule has 0 saturated carbocycles. The number of anilines is 1. The van der Waals surface area contributed by atoms with E-state index in [9.17, 15) is 5.11 Å². The molecule has 0 aromatic heterocycles. The number of nitrogens with two attached hydrogens (primary N) is 1. The molecule has 1 aliphatic rings. The second-order valence-electron chi connectivity index (χ2n) is 4.58. The van der Waals surface area contributed by atoms with E-state index in [2.05, 4.69) is 26.9 Å². The Morgan fingerprint density at radius 2 is 2.29 bits per heavy atom.